The largest absolute Gasteiger partial charge is 0.313 e. The summed E-state index contributed by atoms with van der Waals surface area (Å²) in [6.07, 6.45) is 0. The summed E-state index contributed by atoms with van der Waals surface area (Å²) in [5.41, 5.74) is 12.9. The van der Waals surface area contributed by atoms with Gasteiger partial charge in [-0.3, -0.25) is 0 Å². The van der Waals surface area contributed by atoms with Gasteiger partial charge in [0.05, 0.1) is 5.66 Å². The van der Waals surface area contributed by atoms with E-state index in [-0.39, 0.29) is 22.2 Å². The molecule has 0 aromatic rings. The summed E-state index contributed by atoms with van der Waals surface area (Å²) in [6.45, 7) is 24.9. The van der Waals surface area contributed by atoms with Gasteiger partial charge in [0.15, 0.2) is 0 Å². The molecule has 3 unspecified atom stereocenters. The van der Waals surface area contributed by atoms with E-state index in [2.05, 4.69) is 76.2 Å². The van der Waals surface area contributed by atoms with Gasteiger partial charge in [0.2, 0.25) is 0 Å². The molecule has 0 radical (unpaired) electrons. The molecule has 0 heterocycles. The van der Waals surface area contributed by atoms with Crippen molar-refractivity contribution in [3.63, 3.8) is 0 Å². The summed E-state index contributed by atoms with van der Waals surface area (Å²) >= 11 is 0. The Kier molecular flexibility index (Phi) is 5.58. The van der Waals surface area contributed by atoms with Crippen LogP contribution in [0, 0.1) is 34.0 Å². The van der Waals surface area contributed by atoms with Gasteiger partial charge in [0.25, 0.3) is 0 Å². The molecule has 122 valence electrons. The molecule has 0 rings (SSSR count). The monoisotopic (exact) mass is 284 g/mol. The third kappa shape index (κ3) is 3.76. The summed E-state index contributed by atoms with van der Waals surface area (Å²) in [6, 6.07) is 0. The van der Waals surface area contributed by atoms with Crippen LogP contribution in [-0.2, 0) is 0 Å². The second kappa shape index (κ2) is 5.61. The molecule has 0 aliphatic heterocycles. The van der Waals surface area contributed by atoms with Crippen molar-refractivity contribution in [2.24, 2.45) is 45.5 Å². The predicted octanol–water partition coefficient (Wildman–Crippen LogP) is 4.63. The summed E-state index contributed by atoms with van der Waals surface area (Å²) in [5, 5.41) is 0. The van der Waals surface area contributed by atoms with Crippen molar-refractivity contribution in [3.05, 3.63) is 0 Å². The van der Waals surface area contributed by atoms with Crippen molar-refractivity contribution in [2.45, 2.75) is 81.8 Å². The van der Waals surface area contributed by atoms with Gasteiger partial charge in [0, 0.05) is 0 Å². The first-order chi connectivity index (χ1) is 8.47. The highest BCUT2D eigenvalue weighted by atomic mass is 15.0. The quantitative estimate of drug-likeness (QED) is 0.740. The van der Waals surface area contributed by atoms with E-state index in [4.69, 9.17) is 11.5 Å². The van der Waals surface area contributed by atoms with Crippen LogP contribution in [0.2, 0.25) is 0 Å². The van der Waals surface area contributed by atoms with Crippen LogP contribution >= 0.6 is 0 Å². The van der Waals surface area contributed by atoms with Crippen molar-refractivity contribution in [1.29, 1.82) is 0 Å². The maximum absolute atomic E-state index is 6.68. The summed E-state index contributed by atoms with van der Waals surface area (Å²) in [5.74, 6) is 1.23. The maximum Gasteiger partial charge on any atom is 0.0723 e. The van der Waals surface area contributed by atoms with Gasteiger partial charge in [0.1, 0.15) is 0 Å². The Morgan fingerprint density at radius 2 is 0.950 bits per heavy atom. The predicted molar refractivity (Wildman–Crippen MR) is 91.3 cm³/mol. The number of rotatable bonds is 4. The van der Waals surface area contributed by atoms with Crippen LogP contribution in [0.15, 0.2) is 0 Å². The number of hydrogen-bond donors (Lipinski definition) is 2. The molecule has 0 saturated carbocycles. The Morgan fingerprint density at radius 3 is 1.20 bits per heavy atom. The topological polar surface area (TPSA) is 52.0 Å². The molecule has 0 fully saturated rings. The average Bonchev–Trinajstić information content (AvgIpc) is 2.22. The van der Waals surface area contributed by atoms with Crippen molar-refractivity contribution < 1.29 is 0 Å². The van der Waals surface area contributed by atoms with E-state index < -0.39 is 5.66 Å². The Morgan fingerprint density at radius 1 is 0.600 bits per heavy atom. The normalized spacial score (nSPS) is 19.6. The lowest BCUT2D eigenvalue weighted by Gasteiger charge is -2.54. The molecule has 2 nitrogen and oxygen atoms in total. The van der Waals surface area contributed by atoms with Crippen molar-refractivity contribution >= 4 is 0 Å². The Bertz CT molecular complexity index is 315. The van der Waals surface area contributed by atoms with Crippen molar-refractivity contribution in [3.8, 4) is 0 Å². The molecular formula is C18H40N2. The molecule has 2 heteroatoms. The van der Waals surface area contributed by atoms with Gasteiger partial charge in [-0.15, -0.1) is 0 Å². The van der Waals surface area contributed by atoms with Gasteiger partial charge >= 0.3 is 0 Å². The molecule has 20 heavy (non-hydrogen) atoms. The summed E-state index contributed by atoms with van der Waals surface area (Å²) < 4.78 is 0. The molecule has 4 N–H and O–H groups in total. The Balaban J connectivity index is 5.51. The number of hydrogen-bond acceptors (Lipinski definition) is 2. The van der Waals surface area contributed by atoms with Crippen LogP contribution in [0.5, 0.6) is 0 Å². The zero-order valence-corrected chi connectivity index (χ0v) is 15.9. The van der Waals surface area contributed by atoms with Crippen LogP contribution < -0.4 is 11.5 Å². The first-order valence-electron chi connectivity index (χ1n) is 8.05. The second-order valence-corrected chi connectivity index (χ2v) is 9.69. The minimum atomic E-state index is -0.690. The third-order valence-corrected chi connectivity index (χ3v) is 6.39. The highest BCUT2D eigenvalue weighted by molar-refractivity contribution is 5.03. The molecule has 3 atom stereocenters. The van der Waals surface area contributed by atoms with Gasteiger partial charge < -0.3 is 11.5 Å². The molecule has 0 bridgehead atoms. The lowest BCUT2D eigenvalue weighted by molar-refractivity contribution is -0.0287. The fourth-order valence-corrected chi connectivity index (χ4v) is 3.04. The smallest absolute Gasteiger partial charge is 0.0723 e. The molecule has 0 aliphatic rings. The molecule has 0 saturated heterocycles. The first-order valence-corrected chi connectivity index (χ1v) is 8.05. The summed E-state index contributed by atoms with van der Waals surface area (Å²) in [4.78, 5) is 0. The lowest BCUT2D eigenvalue weighted by atomic mass is 9.56. The van der Waals surface area contributed by atoms with Gasteiger partial charge in [-0.2, -0.15) is 0 Å². The molecular weight excluding hydrogens is 244 g/mol. The SMILES string of the molecule is CC(C(C)C(C)(C)C(N)(N)C(C)C(C)(C)C)C(C)(C)C. The summed E-state index contributed by atoms with van der Waals surface area (Å²) in [7, 11) is 0. The van der Waals surface area contributed by atoms with Crippen LogP contribution in [0.25, 0.3) is 0 Å². The van der Waals surface area contributed by atoms with Crippen molar-refractivity contribution in [2.75, 3.05) is 0 Å². The van der Waals surface area contributed by atoms with E-state index in [9.17, 15) is 0 Å². The molecule has 0 aromatic carbocycles. The van der Waals surface area contributed by atoms with Crippen LogP contribution in [0.3, 0.4) is 0 Å². The average molecular weight is 285 g/mol. The van der Waals surface area contributed by atoms with Gasteiger partial charge in [-0.1, -0.05) is 76.2 Å². The van der Waals surface area contributed by atoms with E-state index in [1.165, 1.54) is 0 Å². The van der Waals surface area contributed by atoms with E-state index in [0.717, 1.165) is 0 Å². The highest BCUT2D eigenvalue weighted by Crippen LogP contribution is 2.48. The Labute approximate surface area is 128 Å². The molecule has 0 aromatic heterocycles. The van der Waals surface area contributed by atoms with Crippen LogP contribution in [0.4, 0.5) is 0 Å². The molecule has 0 amide bonds. The van der Waals surface area contributed by atoms with Crippen LogP contribution in [-0.4, -0.2) is 5.66 Å². The van der Waals surface area contributed by atoms with Gasteiger partial charge in [-0.25, -0.2) is 0 Å². The van der Waals surface area contributed by atoms with E-state index in [1.54, 1.807) is 0 Å². The molecule has 0 aliphatic carbocycles. The van der Waals surface area contributed by atoms with Crippen molar-refractivity contribution in [1.82, 2.24) is 0 Å². The van der Waals surface area contributed by atoms with Crippen LogP contribution in [0.1, 0.15) is 76.2 Å². The third-order valence-electron chi connectivity index (χ3n) is 6.39. The van der Waals surface area contributed by atoms with E-state index >= 15 is 0 Å². The second-order valence-electron chi connectivity index (χ2n) is 9.69. The number of nitrogens with two attached hydrogens (primary N) is 2. The zero-order chi connectivity index (χ0) is 16.7. The standard InChI is InChI=1S/C18H40N2/c1-12(15(4,5)6)13(2)17(10,11)18(19,20)14(3)16(7,8)9/h12-14H,19-20H2,1-11H3. The highest BCUT2D eigenvalue weighted by Gasteiger charge is 2.51. The first kappa shape index (κ1) is 19.9. The fourth-order valence-electron chi connectivity index (χ4n) is 3.04. The zero-order valence-electron chi connectivity index (χ0n) is 15.9. The van der Waals surface area contributed by atoms with Gasteiger partial charge in [-0.05, 0) is 34.0 Å². The van der Waals surface area contributed by atoms with E-state index in [0.29, 0.717) is 11.8 Å². The minimum absolute atomic E-state index is 0.103. The maximum atomic E-state index is 6.68. The fraction of sp³-hybridized carbons (Fsp3) is 1.00. The molecule has 0 spiro atoms. The van der Waals surface area contributed by atoms with E-state index in [1.807, 2.05) is 0 Å². The Hall–Kier alpha value is -0.0800. The minimum Gasteiger partial charge on any atom is -0.313 e. The lowest BCUT2D eigenvalue weighted by Crippen LogP contribution is -2.69.